The highest BCUT2D eigenvalue weighted by Gasteiger charge is 2.28. The van der Waals surface area contributed by atoms with E-state index in [4.69, 9.17) is 4.74 Å². The summed E-state index contributed by atoms with van der Waals surface area (Å²) in [5.41, 5.74) is 2.18. The molecule has 0 atom stereocenters. The summed E-state index contributed by atoms with van der Waals surface area (Å²) in [6, 6.07) is 3.92. The number of nitrogens with zero attached hydrogens (tertiary/aromatic N) is 3. The molecule has 26 heavy (non-hydrogen) atoms. The molecule has 0 aromatic carbocycles. The molecule has 1 N–H and O–H groups in total. The molecule has 1 aliphatic rings. The molecule has 0 saturated carbocycles. The molecular weight excluding hydrogens is 400 g/mol. The Labute approximate surface area is 160 Å². The zero-order valence-electron chi connectivity index (χ0n) is 15.0. The number of amides is 1. The number of hydrogen-bond acceptors (Lipinski definition) is 5. The number of esters is 1. The molecule has 3 rings (SSSR count). The highest BCUT2D eigenvalue weighted by atomic mass is 79.9. The highest BCUT2D eigenvalue weighted by molar-refractivity contribution is 9.10. The average Bonchev–Trinajstić information content (AvgIpc) is 2.95. The van der Waals surface area contributed by atoms with Crippen molar-refractivity contribution in [1.82, 2.24) is 14.9 Å². The number of ether oxygens (including phenoxy) is 1. The highest BCUT2D eigenvalue weighted by Crippen LogP contribution is 2.22. The minimum Gasteiger partial charge on any atom is -0.465 e. The number of halogens is 1. The summed E-state index contributed by atoms with van der Waals surface area (Å²) in [5.74, 6) is 0.380. The van der Waals surface area contributed by atoms with Gasteiger partial charge in [0, 0.05) is 42.5 Å². The van der Waals surface area contributed by atoms with Crippen molar-refractivity contribution < 1.29 is 14.3 Å². The van der Waals surface area contributed by atoms with Gasteiger partial charge in [-0.3, -0.25) is 4.79 Å². The minimum atomic E-state index is -0.429. The van der Waals surface area contributed by atoms with Crippen LogP contribution in [0.25, 0.3) is 0 Å². The number of piperazine rings is 1. The predicted octanol–water partition coefficient (Wildman–Crippen LogP) is 2.54. The third-order valence-electron chi connectivity index (χ3n) is 4.64. The van der Waals surface area contributed by atoms with Crippen LogP contribution in [-0.2, 0) is 4.74 Å². The van der Waals surface area contributed by atoms with Gasteiger partial charge in [-0.15, -0.1) is 0 Å². The van der Waals surface area contributed by atoms with Crippen molar-refractivity contribution >= 4 is 33.6 Å². The number of aromatic amines is 1. The fourth-order valence-electron chi connectivity index (χ4n) is 3.22. The molecule has 0 spiro atoms. The smallest absolute Gasteiger partial charge is 0.339 e. The van der Waals surface area contributed by atoms with E-state index in [-0.39, 0.29) is 5.91 Å². The number of carbonyl (C=O) groups is 2. The quantitative estimate of drug-likeness (QED) is 0.771. The Hall–Kier alpha value is -2.35. The number of aryl methyl sites for hydroxylation is 1. The normalized spacial score (nSPS) is 14.5. The maximum atomic E-state index is 12.9. The average molecular weight is 421 g/mol. The molecule has 8 heteroatoms. The minimum absolute atomic E-state index is 0.0934. The van der Waals surface area contributed by atoms with Gasteiger partial charge < -0.3 is 19.5 Å². The van der Waals surface area contributed by atoms with E-state index in [1.807, 2.05) is 12.1 Å². The molecule has 0 unspecified atom stereocenters. The molecule has 7 nitrogen and oxygen atoms in total. The maximum Gasteiger partial charge on any atom is 0.339 e. The second kappa shape index (κ2) is 7.49. The Bertz CT molecular complexity index is 824. The van der Waals surface area contributed by atoms with Gasteiger partial charge in [0.1, 0.15) is 11.5 Å². The van der Waals surface area contributed by atoms with Crippen LogP contribution in [-0.4, -0.2) is 60.0 Å². The van der Waals surface area contributed by atoms with Crippen molar-refractivity contribution in [2.75, 3.05) is 38.2 Å². The van der Waals surface area contributed by atoms with E-state index in [2.05, 4.69) is 30.8 Å². The van der Waals surface area contributed by atoms with Crippen LogP contribution in [0, 0.1) is 13.8 Å². The molecule has 0 bridgehead atoms. The predicted molar refractivity (Wildman–Crippen MR) is 102 cm³/mol. The van der Waals surface area contributed by atoms with Crippen molar-refractivity contribution in [3.05, 3.63) is 45.3 Å². The number of nitrogens with one attached hydrogen (secondary N) is 1. The third kappa shape index (κ3) is 3.46. The van der Waals surface area contributed by atoms with Crippen LogP contribution in [0.4, 0.5) is 5.82 Å². The molecule has 0 radical (unpaired) electrons. The molecular formula is C18H21BrN4O3. The van der Waals surface area contributed by atoms with Gasteiger partial charge in [-0.2, -0.15) is 0 Å². The van der Waals surface area contributed by atoms with E-state index in [9.17, 15) is 9.59 Å². The summed E-state index contributed by atoms with van der Waals surface area (Å²) in [5, 5.41) is 0. The maximum absolute atomic E-state index is 12.9. The molecule has 1 aliphatic heterocycles. The molecule has 2 aromatic heterocycles. The van der Waals surface area contributed by atoms with Gasteiger partial charge in [-0.05, 0) is 47.5 Å². The van der Waals surface area contributed by atoms with Crippen LogP contribution < -0.4 is 4.90 Å². The number of rotatable bonds is 3. The number of carbonyl (C=O) groups excluding carboxylic acids is 2. The zero-order chi connectivity index (χ0) is 18.8. The summed E-state index contributed by atoms with van der Waals surface area (Å²) in [6.45, 7) is 6.16. The van der Waals surface area contributed by atoms with E-state index in [1.54, 1.807) is 24.9 Å². The first kappa shape index (κ1) is 18.4. The second-order valence-electron chi connectivity index (χ2n) is 6.23. The Morgan fingerprint density at radius 1 is 1.19 bits per heavy atom. The Balaban J connectivity index is 1.71. The van der Waals surface area contributed by atoms with E-state index in [1.165, 1.54) is 7.11 Å². The summed E-state index contributed by atoms with van der Waals surface area (Å²) in [4.78, 5) is 36.2. The zero-order valence-corrected chi connectivity index (χ0v) is 16.6. The van der Waals surface area contributed by atoms with E-state index in [0.717, 1.165) is 10.3 Å². The Morgan fingerprint density at radius 2 is 1.88 bits per heavy atom. The van der Waals surface area contributed by atoms with Crippen molar-refractivity contribution in [3.8, 4) is 0 Å². The molecule has 1 saturated heterocycles. The van der Waals surface area contributed by atoms with Crippen LogP contribution in [0.15, 0.2) is 22.8 Å². The van der Waals surface area contributed by atoms with Gasteiger partial charge in [0.2, 0.25) is 0 Å². The molecule has 1 fully saturated rings. The molecule has 3 heterocycles. The lowest BCUT2D eigenvalue weighted by atomic mass is 10.1. The molecule has 1 amide bonds. The summed E-state index contributed by atoms with van der Waals surface area (Å²) in [6.07, 6.45) is 1.77. The lowest BCUT2D eigenvalue weighted by Crippen LogP contribution is -2.49. The number of aromatic nitrogens is 2. The second-order valence-corrected chi connectivity index (χ2v) is 7.15. The summed E-state index contributed by atoms with van der Waals surface area (Å²) < 4.78 is 5.75. The lowest BCUT2D eigenvalue weighted by molar-refractivity contribution is 0.0599. The Kier molecular flexibility index (Phi) is 5.31. The van der Waals surface area contributed by atoms with E-state index >= 15 is 0 Å². The summed E-state index contributed by atoms with van der Waals surface area (Å²) >= 11 is 3.38. The van der Waals surface area contributed by atoms with Crippen LogP contribution in [0.1, 0.15) is 32.1 Å². The first-order valence-electron chi connectivity index (χ1n) is 8.35. The number of H-pyrrole nitrogens is 1. The van der Waals surface area contributed by atoms with Gasteiger partial charge >= 0.3 is 5.97 Å². The van der Waals surface area contributed by atoms with Gasteiger partial charge in [0.25, 0.3) is 5.91 Å². The number of pyridine rings is 1. The fourth-order valence-corrected chi connectivity index (χ4v) is 3.46. The largest absolute Gasteiger partial charge is 0.465 e. The molecule has 138 valence electrons. The van der Waals surface area contributed by atoms with Crippen molar-refractivity contribution in [1.29, 1.82) is 0 Å². The number of methoxy groups -OCH3 is 1. The van der Waals surface area contributed by atoms with Crippen LogP contribution in [0.5, 0.6) is 0 Å². The summed E-state index contributed by atoms with van der Waals surface area (Å²) in [7, 11) is 1.34. The van der Waals surface area contributed by atoms with Gasteiger partial charge in [0.05, 0.1) is 12.7 Å². The number of hydrogen-bond donors (Lipinski definition) is 1. The Morgan fingerprint density at radius 3 is 2.46 bits per heavy atom. The molecule has 2 aromatic rings. The standard InChI is InChI=1S/C18H21BrN4O3/c1-11-15(18(25)26-3)12(2)21-16(11)17(24)23-8-6-22(7-9-23)14-5-4-13(19)10-20-14/h4-5,10,21H,6-9H2,1-3H3. The van der Waals surface area contributed by atoms with Crippen LogP contribution in [0.2, 0.25) is 0 Å². The number of anilines is 1. The van der Waals surface area contributed by atoms with E-state index in [0.29, 0.717) is 48.7 Å². The third-order valence-corrected chi connectivity index (χ3v) is 5.11. The monoisotopic (exact) mass is 420 g/mol. The van der Waals surface area contributed by atoms with Gasteiger partial charge in [-0.25, -0.2) is 9.78 Å². The van der Waals surface area contributed by atoms with Crippen molar-refractivity contribution in [2.45, 2.75) is 13.8 Å². The van der Waals surface area contributed by atoms with Gasteiger partial charge in [-0.1, -0.05) is 0 Å². The molecule has 0 aliphatic carbocycles. The fraction of sp³-hybridized carbons (Fsp3) is 0.389. The lowest BCUT2D eigenvalue weighted by Gasteiger charge is -2.35. The van der Waals surface area contributed by atoms with Crippen LogP contribution in [0.3, 0.4) is 0 Å². The first-order chi connectivity index (χ1) is 12.4. The first-order valence-corrected chi connectivity index (χ1v) is 9.15. The van der Waals surface area contributed by atoms with Crippen molar-refractivity contribution in [3.63, 3.8) is 0 Å². The topological polar surface area (TPSA) is 78.5 Å². The SMILES string of the molecule is COC(=O)c1c(C)[nH]c(C(=O)N2CCN(c3ccc(Br)cn3)CC2)c1C. The van der Waals surface area contributed by atoms with Crippen LogP contribution >= 0.6 is 15.9 Å². The van der Waals surface area contributed by atoms with Gasteiger partial charge in [0.15, 0.2) is 0 Å². The van der Waals surface area contributed by atoms with E-state index < -0.39 is 5.97 Å². The van der Waals surface area contributed by atoms with Crippen molar-refractivity contribution in [2.24, 2.45) is 0 Å².